The lowest BCUT2D eigenvalue weighted by Gasteiger charge is -2.34. The van der Waals surface area contributed by atoms with Crippen LogP contribution >= 0.6 is 0 Å². The number of hydrogen-bond donors (Lipinski definition) is 0. The van der Waals surface area contributed by atoms with Crippen molar-refractivity contribution in [3.8, 4) is 5.75 Å². The molecule has 0 atom stereocenters. The second-order valence-corrected chi connectivity index (χ2v) is 9.69. The van der Waals surface area contributed by atoms with E-state index in [-0.39, 0.29) is 11.5 Å². The lowest BCUT2D eigenvalue weighted by Crippen LogP contribution is -2.27. The number of allylic oxidation sites excluding steroid dienone is 1. The van der Waals surface area contributed by atoms with Crippen molar-refractivity contribution in [1.29, 1.82) is 0 Å². The molecule has 1 aromatic carbocycles. The van der Waals surface area contributed by atoms with Crippen LogP contribution < -0.4 is 4.74 Å². The summed E-state index contributed by atoms with van der Waals surface area (Å²) in [5.41, 5.74) is 2.39. The fourth-order valence-electron chi connectivity index (χ4n) is 4.53. The van der Waals surface area contributed by atoms with Gasteiger partial charge in [0.15, 0.2) is 0 Å². The highest BCUT2D eigenvalue weighted by atomic mass is 19.1. The highest BCUT2D eigenvalue weighted by Crippen LogP contribution is 2.46. The van der Waals surface area contributed by atoms with Crippen LogP contribution in [0.3, 0.4) is 0 Å². The maximum Gasteiger partial charge on any atom is 0.260 e. The number of ether oxygens (including phenoxy) is 1. The molecule has 4 heteroatoms. The maximum absolute atomic E-state index is 14.9. The Kier molecular flexibility index (Phi) is 5.24. The monoisotopic (exact) mass is 385 g/mol. The van der Waals surface area contributed by atoms with Crippen LogP contribution in [0, 0.1) is 17.2 Å². The summed E-state index contributed by atoms with van der Waals surface area (Å²) in [5.74, 6) is 0.838. The van der Waals surface area contributed by atoms with Gasteiger partial charge >= 0.3 is 0 Å². The number of likely N-dealkylation sites (tertiary alicyclic amines) is 1. The van der Waals surface area contributed by atoms with Gasteiger partial charge in [0, 0.05) is 18.3 Å². The molecule has 0 radical (unpaired) electrons. The number of carbonyl (C=O) groups is 1. The molecule has 1 aromatic rings. The molecule has 0 unspecified atom stereocenters. The minimum Gasteiger partial charge on any atom is -0.493 e. The average Bonchev–Trinajstić information content (AvgIpc) is 3.41. The van der Waals surface area contributed by atoms with Gasteiger partial charge in [-0.25, -0.2) is 4.39 Å². The van der Waals surface area contributed by atoms with Crippen molar-refractivity contribution >= 4 is 5.91 Å². The normalized spacial score (nSPS) is 22.5. The van der Waals surface area contributed by atoms with Gasteiger partial charge in [-0.05, 0) is 80.2 Å². The highest BCUT2D eigenvalue weighted by molar-refractivity contribution is 5.96. The molecule has 3 aliphatic rings. The largest absolute Gasteiger partial charge is 0.493 e. The van der Waals surface area contributed by atoms with Gasteiger partial charge in [0.2, 0.25) is 0 Å². The fraction of sp³-hybridized carbons (Fsp3) is 0.625. The maximum atomic E-state index is 14.9. The van der Waals surface area contributed by atoms with Gasteiger partial charge in [0.1, 0.15) is 11.6 Å². The molecule has 0 bridgehead atoms. The van der Waals surface area contributed by atoms with Gasteiger partial charge in [-0.15, -0.1) is 0 Å². The molecule has 0 spiro atoms. The van der Waals surface area contributed by atoms with Crippen molar-refractivity contribution in [2.75, 3.05) is 13.2 Å². The number of halogens is 1. The minimum atomic E-state index is -0.478. The number of carbonyl (C=O) groups excluding carboxylic acids is 1. The van der Waals surface area contributed by atoms with Crippen molar-refractivity contribution in [3.05, 3.63) is 41.4 Å². The van der Waals surface area contributed by atoms with Gasteiger partial charge in [-0.2, -0.15) is 0 Å². The van der Waals surface area contributed by atoms with Crippen LogP contribution in [0.25, 0.3) is 0 Å². The molecule has 2 aliphatic carbocycles. The van der Waals surface area contributed by atoms with Crippen molar-refractivity contribution in [2.24, 2.45) is 11.3 Å². The Hall–Kier alpha value is -1.84. The molecule has 2 saturated carbocycles. The van der Waals surface area contributed by atoms with E-state index in [0.717, 1.165) is 36.9 Å². The summed E-state index contributed by atoms with van der Waals surface area (Å²) in [7, 11) is 0. The molecule has 0 aromatic heterocycles. The Morgan fingerprint density at radius 2 is 1.96 bits per heavy atom. The number of rotatable bonds is 5. The van der Waals surface area contributed by atoms with Gasteiger partial charge in [0.25, 0.3) is 5.91 Å². The summed E-state index contributed by atoms with van der Waals surface area (Å²) in [6.07, 6.45) is 8.66. The third kappa shape index (κ3) is 4.11. The SMILES string of the molecule is C=C1CCCN1C(=O)c1cc(C2CC2)c(OCC2CCC(C)(C)CC2)cc1F. The predicted octanol–water partition coefficient (Wildman–Crippen LogP) is 6.05. The van der Waals surface area contributed by atoms with E-state index in [9.17, 15) is 9.18 Å². The zero-order valence-corrected chi connectivity index (χ0v) is 17.2. The van der Waals surface area contributed by atoms with Gasteiger partial charge in [-0.1, -0.05) is 20.4 Å². The molecule has 1 heterocycles. The molecule has 0 N–H and O–H groups in total. The first-order valence-electron chi connectivity index (χ1n) is 10.8. The van der Waals surface area contributed by atoms with Crippen molar-refractivity contribution in [1.82, 2.24) is 4.90 Å². The van der Waals surface area contributed by atoms with E-state index >= 15 is 0 Å². The number of nitrogens with zero attached hydrogens (tertiary/aromatic N) is 1. The number of benzene rings is 1. The van der Waals surface area contributed by atoms with E-state index in [0.29, 0.717) is 36.2 Å². The molecule has 1 amide bonds. The Bertz CT molecular complexity index is 771. The van der Waals surface area contributed by atoms with Crippen LogP contribution in [0.4, 0.5) is 4.39 Å². The van der Waals surface area contributed by atoms with Crippen LogP contribution in [0.15, 0.2) is 24.4 Å². The van der Waals surface area contributed by atoms with E-state index in [1.807, 2.05) is 0 Å². The third-order valence-electron chi connectivity index (χ3n) is 6.75. The summed E-state index contributed by atoms with van der Waals surface area (Å²) in [5, 5.41) is 0. The lowest BCUT2D eigenvalue weighted by atomic mass is 9.73. The predicted molar refractivity (Wildman–Crippen MR) is 109 cm³/mol. The Morgan fingerprint density at radius 3 is 2.57 bits per heavy atom. The summed E-state index contributed by atoms with van der Waals surface area (Å²) >= 11 is 0. The second-order valence-electron chi connectivity index (χ2n) is 9.69. The molecule has 4 rings (SSSR count). The molecule has 28 heavy (non-hydrogen) atoms. The Balaban J connectivity index is 1.49. The van der Waals surface area contributed by atoms with Gasteiger partial charge < -0.3 is 9.64 Å². The van der Waals surface area contributed by atoms with E-state index in [4.69, 9.17) is 4.74 Å². The van der Waals surface area contributed by atoms with E-state index in [1.165, 1.54) is 31.7 Å². The minimum absolute atomic E-state index is 0.164. The zero-order valence-electron chi connectivity index (χ0n) is 17.2. The summed E-state index contributed by atoms with van der Waals surface area (Å²) < 4.78 is 21.0. The van der Waals surface area contributed by atoms with Crippen LogP contribution in [-0.2, 0) is 0 Å². The first kappa shape index (κ1) is 19.5. The van der Waals surface area contributed by atoms with Crippen molar-refractivity contribution in [3.63, 3.8) is 0 Å². The van der Waals surface area contributed by atoms with Crippen molar-refractivity contribution < 1.29 is 13.9 Å². The van der Waals surface area contributed by atoms with E-state index < -0.39 is 5.82 Å². The van der Waals surface area contributed by atoms with Crippen LogP contribution in [0.2, 0.25) is 0 Å². The Morgan fingerprint density at radius 1 is 1.25 bits per heavy atom. The van der Waals surface area contributed by atoms with Crippen molar-refractivity contribution in [2.45, 2.75) is 71.1 Å². The highest BCUT2D eigenvalue weighted by Gasteiger charge is 2.32. The van der Waals surface area contributed by atoms with Crippen LogP contribution in [0.5, 0.6) is 5.75 Å². The summed E-state index contributed by atoms with van der Waals surface area (Å²) in [6, 6.07) is 3.20. The van der Waals surface area contributed by atoms with E-state index in [2.05, 4.69) is 20.4 Å². The number of amides is 1. The first-order chi connectivity index (χ1) is 13.3. The molecular weight excluding hydrogens is 353 g/mol. The molecule has 1 aliphatic heterocycles. The average molecular weight is 386 g/mol. The third-order valence-corrected chi connectivity index (χ3v) is 6.75. The quantitative estimate of drug-likeness (QED) is 0.618. The molecule has 3 nitrogen and oxygen atoms in total. The van der Waals surface area contributed by atoms with Crippen LogP contribution in [-0.4, -0.2) is 24.0 Å². The first-order valence-corrected chi connectivity index (χ1v) is 10.8. The lowest BCUT2D eigenvalue weighted by molar-refractivity contribution is 0.0821. The molecule has 152 valence electrons. The molecular formula is C24H32FNO2. The van der Waals surface area contributed by atoms with E-state index in [1.54, 1.807) is 11.0 Å². The zero-order chi connectivity index (χ0) is 19.9. The number of hydrogen-bond acceptors (Lipinski definition) is 2. The fourth-order valence-corrected chi connectivity index (χ4v) is 4.53. The topological polar surface area (TPSA) is 29.5 Å². The van der Waals surface area contributed by atoms with Gasteiger partial charge in [-0.3, -0.25) is 4.79 Å². The van der Waals surface area contributed by atoms with Crippen LogP contribution in [0.1, 0.15) is 87.1 Å². The van der Waals surface area contributed by atoms with Gasteiger partial charge in [0.05, 0.1) is 12.2 Å². The molecule has 3 fully saturated rings. The summed E-state index contributed by atoms with van der Waals surface area (Å²) in [4.78, 5) is 14.5. The Labute approximate surface area is 167 Å². The summed E-state index contributed by atoms with van der Waals surface area (Å²) in [6.45, 7) is 9.88. The second kappa shape index (κ2) is 7.53. The molecule has 1 saturated heterocycles. The smallest absolute Gasteiger partial charge is 0.260 e. The standard InChI is InChI=1S/C24H32FNO2/c1-16-5-4-12-26(16)23(27)20-13-19(18-6-7-18)22(14-21(20)25)28-15-17-8-10-24(2,3)11-9-17/h13-14,17-18H,1,4-12,15H2,2-3H3.